The third-order valence-electron chi connectivity index (χ3n) is 5.70. The molecule has 160 valence electrons. The molecule has 2 heteroatoms. The van der Waals surface area contributed by atoms with Gasteiger partial charge < -0.3 is 5.11 Å². The maximum Gasteiger partial charge on any atom is 0.330 e. The molecule has 0 aromatic rings. The molecular formula is C25H48O2. The largest absolute Gasteiger partial charge is 0.478 e. The number of carbonyl (C=O) groups is 1. The van der Waals surface area contributed by atoms with Gasteiger partial charge in [-0.05, 0) is 25.2 Å². The number of hydrogen-bond acceptors (Lipinski definition) is 1. The maximum absolute atomic E-state index is 10.9. The fourth-order valence-corrected chi connectivity index (χ4v) is 4.01. The SMILES string of the molecule is CCCCCCCCCCCCCCCCC(C)CC(C)/C=C(\C)C(=O)O. The van der Waals surface area contributed by atoms with Gasteiger partial charge >= 0.3 is 5.97 Å². The lowest BCUT2D eigenvalue weighted by molar-refractivity contribution is -0.132. The van der Waals surface area contributed by atoms with E-state index in [1.165, 1.54) is 96.3 Å². The van der Waals surface area contributed by atoms with Crippen LogP contribution in [0, 0.1) is 11.8 Å². The summed E-state index contributed by atoms with van der Waals surface area (Å²) in [6.45, 7) is 8.42. The summed E-state index contributed by atoms with van der Waals surface area (Å²) < 4.78 is 0. The monoisotopic (exact) mass is 380 g/mol. The van der Waals surface area contributed by atoms with Crippen LogP contribution in [0.5, 0.6) is 0 Å². The normalized spacial score (nSPS) is 14.3. The Morgan fingerprint density at radius 1 is 0.778 bits per heavy atom. The van der Waals surface area contributed by atoms with Crippen LogP contribution in [0.25, 0.3) is 0 Å². The van der Waals surface area contributed by atoms with Crippen molar-refractivity contribution in [2.24, 2.45) is 11.8 Å². The molecule has 2 unspecified atom stereocenters. The molecule has 0 bridgehead atoms. The van der Waals surface area contributed by atoms with E-state index < -0.39 is 5.97 Å². The molecular weight excluding hydrogens is 332 g/mol. The van der Waals surface area contributed by atoms with E-state index in [0.717, 1.165) is 6.42 Å². The predicted molar refractivity (Wildman–Crippen MR) is 119 cm³/mol. The van der Waals surface area contributed by atoms with Crippen molar-refractivity contribution in [1.82, 2.24) is 0 Å². The lowest BCUT2D eigenvalue weighted by Gasteiger charge is -2.15. The number of hydrogen-bond donors (Lipinski definition) is 1. The number of carboxylic acid groups (broad SMARTS) is 1. The van der Waals surface area contributed by atoms with Crippen LogP contribution >= 0.6 is 0 Å². The molecule has 27 heavy (non-hydrogen) atoms. The molecule has 2 atom stereocenters. The highest BCUT2D eigenvalue weighted by Gasteiger charge is 2.09. The summed E-state index contributed by atoms with van der Waals surface area (Å²) in [5.41, 5.74) is 0.478. The van der Waals surface area contributed by atoms with E-state index in [9.17, 15) is 4.79 Å². The van der Waals surface area contributed by atoms with Gasteiger partial charge in [-0.15, -0.1) is 0 Å². The Balaban J connectivity index is 3.39. The Morgan fingerprint density at radius 3 is 1.59 bits per heavy atom. The topological polar surface area (TPSA) is 37.3 Å². The van der Waals surface area contributed by atoms with E-state index >= 15 is 0 Å². The van der Waals surface area contributed by atoms with E-state index in [2.05, 4.69) is 20.8 Å². The predicted octanol–water partition coefficient (Wildman–Crippen LogP) is 8.55. The second-order valence-corrected chi connectivity index (χ2v) is 8.86. The van der Waals surface area contributed by atoms with Crippen LogP contribution in [-0.2, 0) is 4.79 Å². The Kier molecular flexibility index (Phi) is 18.0. The minimum absolute atomic E-state index is 0.364. The van der Waals surface area contributed by atoms with Crippen molar-refractivity contribution in [2.45, 2.75) is 130 Å². The minimum Gasteiger partial charge on any atom is -0.478 e. The zero-order valence-electron chi connectivity index (χ0n) is 18.9. The molecule has 0 aromatic carbocycles. The molecule has 0 rings (SSSR count). The highest BCUT2D eigenvalue weighted by molar-refractivity contribution is 5.85. The van der Waals surface area contributed by atoms with Crippen LogP contribution in [0.4, 0.5) is 0 Å². The molecule has 0 aliphatic carbocycles. The number of rotatable bonds is 19. The van der Waals surface area contributed by atoms with Crippen LogP contribution in [0.3, 0.4) is 0 Å². The number of carboxylic acids is 1. The van der Waals surface area contributed by atoms with Crippen LogP contribution in [-0.4, -0.2) is 11.1 Å². The Hall–Kier alpha value is -0.790. The molecule has 1 N–H and O–H groups in total. The summed E-state index contributed by atoms with van der Waals surface area (Å²) in [5, 5.41) is 8.94. The lowest BCUT2D eigenvalue weighted by atomic mass is 9.91. The molecule has 0 aliphatic rings. The molecule has 0 radical (unpaired) electrons. The zero-order valence-corrected chi connectivity index (χ0v) is 18.9. The van der Waals surface area contributed by atoms with E-state index in [4.69, 9.17) is 5.11 Å². The molecule has 2 nitrogen and oxygen atoms in total. The third-order valence-corrected chi connectivity index (χ3v) is 5.70. The van der Waals surface area contributed by atoms with Crippen LogP contribution < -0.4 is 0 Å². The van der Waals surface area contributed by atoms with Gasteiger partial charge in [-0.2, -0.15) is 0 Å². The Bertz CT molecular complexity index is 373. The first kappa shape index (κ1) is 26.2. The van der Waals surface area contributed by atoms with Crippen molar-refractivity contribution in [3.63, 3.8) is 0 Å². The minimum atomic E-state index is -0.790. The molecule has 0 aliphatic heterocycles. The van der Waals surface area contributed by atoms with Crippen molar-refractivity contribution >= 4 is 5.97 Å². The van der Waals surface area contributed by atoms with Gasteiger partial charge in [-0.3, -0.25) is 0 Å². The van der Waals surface area contributed by atoms with E-state index in [1.54, 1.807) is 6.92 Å². The van der Waals surface area contributed by atoms with E-state index in [0.29, 0.717) is 17.4 Å². The van der Waals surface area contributed by atoms with Crippen LogP contribution in [0.15, 0.2) is 11.6 Å². The first-order valence-electron chi connectivity index (χ1n) is 11.9. The first-order valence-corrected chi connectivity index (χ1v) is 11.9. The van der Waals surface area contributed by atoms with Crippen LogP contribution in [0.1, 0.15) is 130 Å². The number of unbranched alkanes of at least 4 members (excludes halogenated alkanes) is 13. The first-order chi connectivity index (χ1) is 13.0. The molecule has 0 heterocycles. The average Bonchev–Trinajstić information content (AvgIpc) is 2.61. The van der Waals surface area contributed by atoms with E-state index in [-0.39, 0.29) is 0 Å². The summed E-state index contributed by atoms with van der Waals surface area (Å²) in [7, 11) is 0. The summed E-state index contributed by atoms with van der Waals surface area (Å²) in [4.78, 5) is 10.9. The maximum atomic E-state index is 10.9. The third kappa shape index (κ3) is 18.3. The van der Waals surface area contributed by atoms with Gasteiger partial charge in [0.05, 0.1) is 0 Å². The van der Waals surface area contributed by atoms with Crippen molar-refractivity contribution in [3.8, 4) is 0 Å². The smallest absolute Gasteiger partial charge is 0.330 e. The Labute approximate surface area is 170 Å². The van der Waals surface area contributed by atoms with Gasteiger partial charge in [0.2, 0.25) is 0 Å². The second-order valence-electron chi connectivity index (χ2n) is 8.86. The standard InChI is InChI=1S/C25H48O2/c1-5-6-7-8-9-10-11-12-13-14-15-16-17-18-19-22(2)20-23(3)21-24(4)25(26)27/h21-23H,5-20H2,1-4H3,(H,26,27)/b24-21+. The van der Waals surface area contributed by atoms with Gasteiger partial charge in [-0.1, -0.05) is 123 Å². The molecule has 0 saturated heterocycles. The quantitative estimate of drug-likeness (QED) is 0.180. The van der Waals surface area contributed by atoms with Crippen molar-refractivity contribution < 1.29 is 9.90 Å². The molecule has 0 fully saturated rings. The highest BCUT2D eigenvalue weighted by Crippen LogP contribution is 2.21. The van der Waals surface area contributed by atoms with Crippen LogP contribution in [0.2, 0.25) is 0 Å². The average molecular weight is 381 g/mol. The lowest BCUT2D eigenvalue weighted by Crippen LogP contribution is -2.04. The summed E-state index contributed by atoms with van der Waals surface area (Å²) in [5.74, 6) is 0.263. The van der Waals surface area contributed by atoms with Gasteiger partial charge in [-0.25, -0.2) is 4.79 Å². The van der Waals surface area contributed by atoms with E-state index in [1.807, 2.05) is 6.08 Å². The highest BCUT2D eigenvalue weighted by atomic mass is 16.4. The van der Waals surface area contributed by atoms with Gasteiger partial charge in [0, 0.05) is 5.57 Å². The number of aliphatic carboxylic acids is 1. The summed E-state index contributed by atoms with van der Waals surface area (Å²) in [6, 6.07) is 0. The molecule has 0 spiro atoms. The van der Waals surface area contributed by atoms with Crippen molar-refractivity contribution in [3.05, 3.63) is 11.6 Å². The van der Waals surface area contributed by atoms with Gasteiger partial charge in [0.25, 0.3) is 0 Å². The second kappa shape index (κ2) is 18.6. The Morgan fingerprint density at radius 2 is 1.19 bits per heavy atom. The van der Waals surface area contributed by atoms with Gasteiger partial charge in [0.1, 0.15) is 0 Å². The number of allylic oxidation sites excluding steroid dienone is 1. The van der Waals surface area contributed by atoms with Gasteiger partial charge in [0.15, 0.2) is 0 Å². The molecule has 0 saturated carbocycles. The van der Waals surface area contributed by atoms with Crippen molar-refractivity contribution in [1.29, 1.82) is 0 Å². The molecule has 0 amide bonds. The molecule has 0 aromatic heterocycles. The fourth-order valence-electron chi connectivity index (χ4n) is 4.01. The zero-order chi connectivity index (χ0) is 20.3. The summed E-state index contributed by atoms with van der Waals surface area (Å²) >= 11 is 0. The fraction of sp³-hybridized carbons (Fsp3) is 0.880. The summed E-state index contributed by atoms with van der Waals surface area (Å²) in [6.07, 6.45) is 24.0. The van der Waals surface area contributed by atoms with Crippen molar-refractivity contribution in [2.75, 3.05) is 0 Å².